The van der Waals surface area contributed by atoms with Crippen molar-refractivity contribution in [3.63, 3.8) is 0 Å². The number of ether oxygens (including phenoxy) is 1. The van der Waals surface area contributed by atoms with Crippen molar-refractivity contribution in [2.24, 2.45) is 0 Å². The Morgan fingerprint density at radius 3 is 2.89 bits per heavy atom. The highest BCUT2D eigenvalue weighted by molar-refractivity contribution is 9.10. The summed E-state index contributed by atoms with van der Waals surface area (Å²) in [5, 5.41) is 3.12. The molecule has 1 aliphatic rings. The summed E-state index contributed by atoms with van der Waals surface area (Å²) in [5.41, 5.74) is 0. The zero-order valence-electron chi connectivity index (χ0n) is 9.94. The first kappa shape index (κ1) is 13.8. The molecule has 0 aromatic heterocycles. The van der Waals surface area contributed by atoms with E-state index in [1.54, 1.807) is 12.1 Å². The molecule has 2 N–H and O–H groups in total. The average Bonchev–Trinajstić information content (AvgIpc) is 2.81. The molecule has 5 nitrogen and oxygen atoms in total. The molecule has 7 heteroatoms. The predicted molar refractivity (Wildman–Crippen MR) is 72.3 cm³/mol. The molecular formula is C11H15BrN2O3S. The third-order valence-electron chi connectivity index (χ3n) is 2.81. The number of benzene rings is 1. The van der Waals surface area contributed by atoms with Gasteiger partial charge in [0.05, 0.1) is 12.0 Å². The quantitative estimate of drug-likeness (QED) is 0.865. The van der Waals surface area contributed by atoms with Gasteiger partial charge in [-0.3, -0.25) is 0 Å². The van der Waals surface area contributed by atoms with Crippen molar-refractivity contribution in [2.75, 3.05) is 20.2 Å². The second-order valence-corrected chi connectivity index (χ2v) is 6.64. The molecule has 0 amide bonds. The Hall–Kier alpha value is -0.630. The summed E-state index contributed by atoms with van der Waals surface area (Å²) in [7, 11) is -2.02. The summed E-state index contributed by atoms with van der Waals surface area (Å²) in [5.74, 6) is 0.517. The van der Waals surface area contributed by atoms with Gasteiger partial charge >= 0.3 is 0 Å². The van der Waals surface area contributed by atoms with E-state index in [0.717, 1.165) is 13.0 Å². The minimum Gasteiger partial charge on any atom is -0.497 e. The first-order chi connectivity index (χ1) is 8.53. The van der Waals surface area contributed by atoms with Gasteiger partial charge in [-0.05, 0) is 41.0 Å². The van der Waals surface area contributed by atoms with Crippen LogP contribution in [0.4, 0.5) is 0 Å². The lowest BCUT2D eigenvalue weighted by Crippen LogP contribution is -2.36. The van der Waals surface area contributed by atoms with Gasteiger partial charge in [0.1, 0.15) is 5.75 Å². The van der Waals surface area contributed by atoms with Crippen LogP contribution < -0.4 is 14.8 Å². The largest absolute Gasteiger partial charge is 0.497 e. The van der Waals surface area contributed by atoms with Crippen molar-refractivity contribution in [3.05, 3.63) is 22.7 Å². The van der Waals surface area contributed by atoms with Crippen LogP contribution in [0.3, 0.4) is 0 Å². The zero-order chi connectivity index (χ0) is 13.2. The number of rotatable bonds is 4. The van der Waals surface area contributed by atoms with Crippen molar-refractivity contribution < 1.29 is 13.2 Å². The average molecular weight is 335 g/mol. The second-order valence-electron chi connectivity index (χ2n) is 4.11. The van der Waals surface area contributed by atoms with Crippen LogP contribution in [0.2, 0.25) is 0 Å². The Balaban J connectivity index is 2.27. The summed E-state index contributed by atoms with van der Waals surface area (Å²) in [6.07, 6.45) is 0.806. The minimum absolute atomic E-state index is 0.0481. The Morgan fingerprint density at radius 1 is 1.50 bits per heavy atom. The summed E-state index contributed by atoms with van der Waals surface area (Å²) in [4.78, 5) is 0.203. The first-order valence-corrected chi connectivity index (χ1v) is 7.87. The molecule has 1 aliphatic heterocycles. The van der Waals surface area contributed by atoms with Gasteiger partial charge < -0.3 is 10.1 Å². The lowest BCUT2D eigenvalue weighted by molar-refractivity contribution is 0.413. The highest BCUT2D eigenvalue weighted by atomic mass is 79.9. The number of hydrogen-bond acceptors (Lipinski definition) is 4. The summed E-state index contributed by atoms with van der Waals surface area (Å²) in [6, 6.07) is 4.84. The summed E-state index contributed by atoms with van der Waals surface area (Å²) < 4.78 is 32.8. The molecule has 0 saturated carbocycles. The summed E-state index contributed by atoms with van der Waals surface area (Å²) >= 11 is 3.25. The highest BCUT2D eigenvalue weighted by Gasteiger charge is 2.24. The molecule has 0 bridgehead atoms. The minimum atomic E-state index is -3.52. The van der Waals surface area contributed by atoms with Gasteiger partial charge in [-0.1, -0.05) is 0 Å². The molecule has 1 aromatic rings. The molecule has 0 aliphatic carbocycles. The zero-order valence-corrected chi connectivity index (χ0v) is 12.3. The van der Waals surface area contributed by atoms with E-state index in [4.69, 9.17) is 4.74 Å². The highest BCUT2D eigenvalue weighted by Crippen LogP contribution is 2.26. The first-order valence-electron chi connectivity index (χ1n) is 5.59. The standard InChI is InChI=1S/C11H15BrN2O3S/c1-17-9-2-3-10(12)11(6-9)18(15,16)14-8-4-5-13-7-8/h2-3,6,8,13-14H,4-5,7H2,1H3. The second kappa shape index (κ2) is 5.56. The van der Waals surface area contributed by atoms with Gasteiger partial charge in [0.15, 0.2) is 0 Å². The molecule has 1 aromatic carbocycles. The van der Waals surface area contributed by atoms with Crippen LogP contribution in [0, 0.1) is 0 Å². The van der Waals surface area contributed by atoms with E-state index in [-0.39, 0.29) is 10.9 Å². The molecule has 2 rings (SSSR count). The Kier molecular flexibility index (Phi) is 4.26. The monoisotopic (exact) mass is 334 g/mol. The van der Waals surface area contributed by atoms with Gasteiger partial charge in [-0.15, -0.1) is 0 Å². The van der Waals surface area contributed by atoms with E-state index in [1.807, 2.05) is 0 Å². The van der Waals surface area contributed by atoms with Gasteiger partial charge in [0.2, 0.25) is 10.0 Å². The van der Waals surface area contributed by atoms with Gasteiger partial charge in [-0.25, -0.2) is 13.1 Å². The SMILES string of the molecule is COc1ccc(Br)c(S(=O)(=O)NC2CCNC2)c1. The smallest absolute Gasteiger partial charge is 0.242 e. The number of sulfonamides is 1. The lowest BCUT2D eigenvalue weighted by Gasteiger charge is -2.13. The predicted octanol–water partition coefficient (Wildman–Crippen LogP) is 1.10. The van der Waals surface area contributed by atoms with Crippen LogP contribution in [0.25, 0.3) is 0 Å². The molecule has 100 valence electrons. The molecule has 18 heavy (non-hydrogen) atoms. The molecular weight excluding hydrogens is 320 g/mol. The van der Waals surface area contributed by atoms with Crippen LogP contribution in [-0.4, -0.2) is 34.7 Å². The van der Waals surface area contributed by atoms with Gasteiger partial charge in [0, 0.05) is 23.1 Å². The fourth-order valence-electron chi connectivity index (χ4n) is 1.85. The van der Waals surface area contributed by atoms with Crippen molar-refractivity contribution in [2.45, 2.75) is 17.4 Å². The molecule has 0 radical (unpaired) electrons. The maximum absolute atomic E-state index is 12.3. The van der Waals surface area contributed by atoms with E-state index in [0.29, 0.717) is 16.8 Å². The fourth-order valence-corrected chi connectivity index (χ4v) is 4.10. The van der Waals surface area contributed by atoms with Crippen molar-refractivity contribution >= 4 is 26.0 Å². The van der Waals surface area contributed by atoms with Gasteiger partial charge in [-0.2, -0.15) is 0 Å². The van der Waals surface area contributed by atoms with Gasteiger partial charge in [0.25, 0.3) is 0 Å². The Morgan fingerprint density at radius 2 is 2.28 bits per heavy atom. The number of hydrogen-bond donors (Lipinski definition) is 2. The van der Waals surface area contributed by atoms with E-state index in [2.05, 4.69) is 26.0 Å². The number of methoxy groups -OCH3 is 1. The number of halogens is 1. The normalized spacial score (nSPS) is 20.0. The van der Waals surface area contributed by atoms with Crippen LogP contribution >= 0.6 is 15.9 Å². The maximum Gasteiger partial charge on any atom is 0.242 e. The van der Waals surface area contributed by atoms with E-state index in [1.165, 1.54) is 13.2 Å². The fraction of sp³-hybridized carbons (Fsp3) is 0.455. The Bertz CT molecular complexity index is 527. The maximum atomic E-state index is 12.3. The van der Waals surface area contributed by atoms with Crippen molar-refractivity contribution in [1.82, 2.24) is 10.0 Å². The van der Waals surface area contributed by atoms with Crippen LogP contribution in [0.15, 0.2) is 27.6 Å². The molecule has 1 heterocycles. The van der Waals surface area contributed by atoms with E-state index >= 15 is 0 Å². The molecule has 1 saturated heterocycles. The molecule has 1 fully saturated rings. The topological polar surface area (TPSA) is 67.4 Å². The van der Waals surface area contributed by atoms with Crippen LogP contribution in [0.1, 0.15) is 6.42 Å². The molecule has 1 unspecified atom stereocenters. The Labute approximate surface area is 115 Å². The third kappa shape index (κ3) is 3.03. The molecule has 0 spiro atoms. The lowest BCUT2D eigenvalue weighted by atomic mass is 10.3. The van der Waals surface area contributed by atoms with Crippen LogP contribution in [0.5, 0.6) is 5.75 Å². The summed E-state index contributed by atoms with van der Waals surface area (Å²) in [6.45, 7) is 1.51. The third-order valence-corrected chi connectivity index (χ3v) is 5.32. The van der Waals surface area contributed by atoms with Crippen molar-refractivity contribution in [3.8, 4) is 5.75 Å². The van der Waals surface area contributed by atoms with Crippen LogP contribution in [-0.2, 0) is 10.0 Å². The van der Waals surface area contributed by atoms with E-state index in [9.17, 15) is 8.42 Å². The van der Waals surface area contributed by atoms with Crippen molar-refractivity contribution in [1.29, 1.82) is 0 Å². The number of nitrogens with one attached hydrogen (secondary N) is 2. The van der Waals surface area contributed by atoms with E-state index < -0.39 is 10.0 Å². The molecule has 1 atom stereocenters.